The second-order valence-corrected chi connectivity index (χ2v) is 14.0. The van der Waals surface area contributed by atoms with Crippen molar-refractivity contribution in [3.05, 3.63) is 117 Å². The Morgan fingerprint density at radius 3 is 1.13 bits per heavy atom. The van der Waals surface area contributed by atoms with E-state index in [0.717, 1.165) is 32.1 Å². The molecule has 0 saturated heterocycles. The molecule has 5 aromatic rings. The van der Waals surface area contributed by atoms with Crippen LogP contribution in [0.5, 0.6) is 0 Å². The number of benzene rings is 5. The van der Waals surface area contributed by atoms with E-state index in [1.165, 1.54) is 54.9 Å². The van der Waals surface area contributed by atoms with Crippen LogP contribution in [0.3, 0.4) is 0 Å². The summed E-state index contributed by atoms with van der Waals surface area (Å²) in [6.07, 6.45) is 5.37. The fourth-order valence-electron chi connectivity index (χ4n) is 7.22. The Balaban J connectivity index is 1.57. The van der Waals surface area contributed by atoms with Crippen molar-refractivity contribution in [2.75, 3.05) is 0 Å². The van der Waals surface area contributed by atoms with Gasteiger partial charge in [-0.3, -0.25) is 0 Å². The Kier molecular flexibility index (Phi) is 5.41. The van der Waals surface area contributed by atoms with Crippen molar-refractivity contribution in [1.29, 1.82) is 0 Å². The average molecular weight is 509 g/mol. The molecule has 0 saturated carbocycles. The minimum absolute atomic E-state index is 0.115. The first-order valence-electron chi connectivity index (χ1n) is 14.8. The van der Waals surface area contributed by atoms with Crippen molar-refractivity contribution in [2.45, 2.75) is 84.5 Å². The normalized spacial score (nSPS) is 14.9. The van der Waals surface area contributed by atoms with Crippen LogP contribution in [0, 0.1) is 0 Å². The highest BCUT2D eigenvalue weighted by atomic mass is 14.3. The van der Waals surface area contributed by atoms with E-state index >= 15 is 0 Å². The lowest BCUT2D eigenvalue weighted by atomic mass is 9.80. The molecule has 2 aliphatic rings. The molecule has 0 unspecified atom stereocenters. The lowest BCUT2D eigenvalue weighted by Crippen LogP contribution is -2.13. The second-order valence-electron chi connectivity index (χ2n) is 14.0. The molecule has 0 aromatic heterocycles. The highest BCUT2D eigenvalue weighted by Gasteiger charge is 2.29. The van der Waals surface area contributed by atoms with Crippen molar-refractivity contribution < 1.29 is 0 Å². The van der Waals surface area contributed by atoms with Crippen LogP contribution in [-0.4, -0.2) is 0 Å². The Bertz CT molecular complexity index is 1590. The minimum atomic E-state index is 0.115. The van der Waals surface area contributed by atoms with Crippen LogP contribution in [-0.2, 0) is 42.9 Å². The first kappa shape index (κ1) is 24.6. The van der Waals surface area contributed by atoms with Gasteiger partial charge < -0.3 is 0 Å². The third kappa shape index (κ3) is 3.95. The van der Waals surface area contributed by atoms with Crippen molar-refractivity contribution in [3.8, 4) is 11.1 Å². The van der Waals surface area contributed by atoms with Crippen LogP contribution in [0.2, 0.25) is 0 Å². The van der Waals surface area contributed by atoms with Crippen LogP contribution in [0.1, 0.15) is 86.1 Å². The third-order valence-corrected chi connectivity index (χ3v) is 9.50. The zero-order valence-corrected chi connectivity index (χ0v) is 24.5. The first-order chi connectivity index (χ1) is 18.6. The van der Waals surface area contributed by atoms with Gasteiger partial charge in [-0.1, -0.05) is 114 Å². The molecule has 39 heavy (non-hydrogen) atoms. The van der Waals surface area contributed by atoms with Gasteiger partial charge in [0.1, 0.15) is 0 Å². The van der Waals surface area contributed by atoms with Gasteiger partial charge in [0.25, 0.3) is 0 Å². The first-order valence-corrected chi connectivity index (χ1v) is 14.8. The van der Waals surface area contributed by atoms with Crippen LogP contribution < -0.4 is 0 Å². The van der Waals surface area contributed by atoms with Crippen molar-refractivity contribution >= 4 is 21.5 Å². The summed E-state index contributed by atoms with van der Waals surface area (Å²) >= 11 is 0. The number of fused-ring (bicyclic) bond motifs is 4. The predicted molar refractivity (Wildman–Crippen MR) is 168 cm³/mol. The molecule has 0 spiro atoms. The maximum absolute atomic E-state index is 2.55. The van der Waals surface area contributed by atoms with Gasteiger partial charge in [-0.25, -0.2) is 0 Å². The van der Waals surface area contributed by atoms with Gasteiger partial charge in [0.15, 0.2) is 0 Å². The zero-order valence-electron chi connectivity index (χ0n) is 24.5. The van der Waals surface area contributed by atoms with Gasteiger partial charge in [-0.05, 0) is 120 Å². The number of hydrogen-bond donors (Lipinski definition) is 0. The lowest BCUT2D eigenvalue weighted by Gasteiger charge is -2.24. The standard InChI is InChI=1S/C39H40/c1-38(2,3)26-19-24-15-17-32-28-11-7-9-13-30(28)33(31-14-10-8-12-29(31)32)18-16-25-20-27(39(4,5)6)22-37-35(25)23-34(24)36(37)21-26/h7-14,19-22H,15-18,23H2,1-6H3. The molecule has 5 aromatic carbocycles. The van der Waals surface area contributed by atoms with Crippen LogP contribution >= 0.6 is 0 Å². The van der Waals surface area contributed by atoms with Gasteiger partial charge in [-0.15, -0.1) is 0 Å². The number of hydrogen-bond acceptors (Lipinski definition) is 0. The highest BCUT2D eigenvalue weighted by molar-refractivity contribution is 6.06. The van der Waals surface area contributed by atoms with Crippen LogP contribution in [0.25, 0.3) is 32.7 Å². The number of aryl methyl sites for hydroxylation is 4. The SMILES string of the molecule is CC(C)(C)c1cc2c3c(c1)-c1cc(C(C)(C)C)cc(c1C3)CCc1c3ccccc3c(c3ccccc13)CC2. The van der Waals surface area contributed by atoms with Crippen molar-refractivity contribution in [1.82, 2.24) is 0 Å². The molecule has 0 amide bonds. The summed E-state index contributed by atoms with van der Waals surface area (Å²) in [5.41, 5.74) is 15.4. The Morgan fingerprint density at radius 1 is 0.436 bits per heavy atom. The molecule has 0 fully saturated rings. The Hall–Kier alpha value is -3.38. The van der Waals surface area contributed by atoms with Crippen LogP contribution in [0.15, 0.2) is 72.8 Å². The second kappa shape index (κ2) is 8.56. The molecule has 0 aliphatic heterocycles. The molecule has 0 heteroatoms. The summed E-state index contributed by atoms with van der Waals surface area (Å²) < 4.78 is 0. The summed E-state index contributed by atoms with van der Waals surface area (Å²) in [7, 11) is 0. The van der Waals surface area contributed by atoms with Crippen molar-refractivity contribution in [3.63, 3.8) is 0 Å². The van der Waals surface area contributed by atoms with Gasteiger partial charge in [-0.2, -0.15) is 0 Å². The lowest BCUT2D eigenvalue weighted by molar-refractivity contribution is 0.588. The summed E-state index contributed by atoms with van der Waals surface area (Å²) in [5, 5.41) is 5.78. The molecule has 7 rings (SSSR count). The highest BCUT2D eigenvalue weighted by Crippen LogP contribution is 2.46. The molecule has 0 nitrogen and oxygen atoms in total. The van der Waals surface area contributed by atoms with E-state index in [0.29, 0.717) is 0 Å². The fourth-order valence-corrected chi connectivity index (χ4v) is 7.22. The van der Waals surface area contributed by atoms with Gasteiger partial charge in [0, 0.05) is 0 Å². The van der Waals surface area contributed by atoms with Gasteiger partial charge >= 0.3 is 0 Å². The molecule has 2 aliphatic carbocycles. The van der Waals surface area contributed by atoms with E-state index in [1.807, 2.05) is 0 Å². The van der Waals surface area contributed by atoms with E-state index in [4.69, 9.17) is 0 Å². The fraction of sp³-hybridized carbons (Fsp3) is 0.333. The molecule has 0 radical (unpaired) electrons. The minimum Gasteiger partial charge on any atom is -0.0616 e. The molecular formula is C39H40. The average Bonchev–Trinajstić information content (AvgIpc) is 3.28. The van der Waals surface area contributed by atoms with E-state index in [9.17, 15) is 0 Å². The van der Waals surface area contributed by atoms with Crippen LogP contribution in [0.4, 0.5) is 0 Å². The topological polar surface area (TPSA) is 0 Å². The van der Waals surface area contributed by atoms with E-state index in [-0.39, 0.29) is 10.8 Å². The Morgan fingerprint density at radius 2 is 0.795 bits per heavy atom. The van der Waals surface area contributed by atoms with Gasteiger partial charge in [0.05, 0.1) is 0 Å². The summed E-state index contributed by atoms with van der Waals surface area (Å²) in [4.78, 5) is 0. The number of rotatable bonds is 0. The summed E-state index contributed by atoms with van der Waals surface area (Å²) in [5.74, 6) is 0. The van der Waals surface area contributed by atoms with Gasteiger partial charge in [0.2, 0.25) is 0 Å². The summed E-state index contributed by atoms with van der Waals surface area (Å²) in [6.45, 7) is 14.2. The van der Waals surface area contributed by atoms with E-state index in [2.05, 4.69) is 114 Å². The molecule has 4 bridgehead atoms. The van der Waals surface area contributed by atoms with E-state index < -0.39 is 0 Å². The largest absolute Gasteiger partial charge is 0.0616 e. The van der Waals surface area contributed by atoms with Crippen molar-refractivity contribution in [2.24, 2.45) is 0 Å². The molecule has 0 atom stereocenters. The predicted octanol–water partition coefficient (Wildman–Crippen LogP) is 10.0. The zero-order chi connectivity index (χ0) is 27.1. The molecule has 196 valence electrons. The molecule has 0 heterocycles. The molecular weight excluding hydrogens is 468 g/mol. The smallest absolute Gasteiger partial charge is 0.000797 e. The summed E-state index contributed by atoms with van der Waals surface area (Å²) in [6, 6.07) is 28.6. The Labute approximate surface area is 234 Å². The van der Waals surface area contributed by atoms with E-state index in [1.54, 1.807) is 22.3 Å². The maximum Gasteiger partial charge on any atom is -0.000797 e. The molecule has 0 N–H and O–H groups in total. The quantitative estimate of drug-likeness (QED) is 0.179. The maximum atomic E-state index is 2.55. The third-order valence-electron chi connectivity index (χ3n) is 9.50. The monoisotopic (exact) mass is 508 g/mol.